The summed E-state index contributed by atoms with van der Waals surface area (Å²) in [5, 5.41) is 20.1. The second-order valence-corrected chi connectivity index (χ2v) is 6.67. The molecule has 0 fully saturated rings. The molecular weight excluding hydrogens is 372 g/mol. The van der Waals surface area contributed by atoms with Crippen LogP contribution >= 0.6 is 0 Å². The number of hydrogen-bond acceptors (Lipinski definition) is 5. The zero-order valence-electron chi connectivity index (χ0n) is 15.8. The lowest BCUT2D eigenvalue weighted by Crippen LogP contribution is -2.42. The lowest BCUT2D eigenvalue weighted by atomic mass is 9.98. The van der Waals surface area contributed by atoms with Gasteiger partial charge < -0.3 is 19.9 Å². The molecule has 0 saturated heterocycles. The number of carbonyl (C=O) groups is 2. The molecule has 1 aliphatic rings. The number of ether oxygens (including phenoxy) is 2. The summed E-state index contributed by atoms with van der Waals surface area (Å²) in [7, 11) is 0. The van der Waals surface area contributed by atoms with Crippen LogP contribution in [0.25, 0.3) is 11.1 Å². The van der Waals surface area contributed by atoms with Crippen LogP contribution in [0.5, 0.6) is 0 Å². The molecule has 1 atom stereocenters. The molecule has 150 valence electrons. The first-order valence-corrected chi connectivity index (χ1v) is 9.41. The van der Waals surface area contributed by atoms with Crippen molar-refractivity contribution in [3.8, 4) is 17.2 Å². The first-order valence-electron chi connectivity index (χ1n) is 9.41. The van der Waals surface area contributed by atoms with Gasteiger partial charge in [0, 0.05) is 18.9 Å². The van der Waals surface area contributed by atoms with Gasteiger partial charge in [0.2, 0.25) is 0 Å². The van der Waals surface area contributed by atoms with Crippen LogP contribution in [-0.2, 0) is 14.3 Å². The first kappa shape index (κ1) is 20.4. The van der Waals surface area contributed by atoms with Gasteiger partial charge in [0.15, 0.2) is 0 Å². The van der Waals surface area contributed by atoms with Crippen molar-refractivity contribution in [2.24, 2.45) is 0 Å². The fourth-order valence-corrected chi connectivity index (χ4v) is 3.46. The highest BCUT2D eigenvalue weighted by Crippen LogP contribution is 2.44. The lowest BCUT2D eigenvalue weighted by molar-refractivity contribution is -0.139. The van der Waals surface area contributed by atoms with Crippen molar-refractivity contribution < 1.29 is 24.2 Å². The van der Waals surface area contributed by atoms with Crippen molar-refractivity contribution in [1.82, 2.24) is 5.32 Å². The maximum absolute atomic E-state index is 12.2. The number of carboxylic acids is 1. The van der Waals surface area contributed by atoms with E-state index in [0.717, 1.165) is 22.3 Å². The summed E-state index contributed by atoms with van der Waals surface area (Å²) < 4.78 is 10.5. The van der Waals surface area contributed by atoms with Gasteiger partial charge in [0.25, 0.3) is 0 Å². The number of fused-ring (bicyclic) bond motifs is 3. The molecule has 2 aromatic carbocycles. The van der Waals surface area contributed by atoms with Gasteiger partial charge >= 0.3 is 12.1 Å². The minimum Gasteiger partial charge on any atom is -0.480 e. The van der Waals surface area contributed by atoms with Gasteiger partial charge in [-0.15, -0.1) is 0 Å². The Balaban J connectivity index is 1.57. The number of nitrogens with zero attached hydrogens (tertiary/aromatic N) is 1. The molecule has 0 spiro atoms. The number of nitriles is 1. The van der Waals surface area contributed by atoms with Crippen LogP contribution in [0, 0.1) is 11.3 Å². The van der Waals surface area contributed by atoms with Crippen molar-refractivity contribution in [1.29, 1.82) is 5.26 Å². The zero-order chi connectivity index (χ0) is 20.6. The van der Waals surface area contributed by atoms with Crippen LogP contribution in [0.15, 0.2) is 48.5 Å². The fraction of sp³-hybridized carbons (Fsp3) is 0.318. The molecule has 7 nitrogen and oxygen atoms in total. The van der Waals surface area contributed by atoms with Crippen LogP contribution in [0.3, 0.4) is 0 Å². The lowest BCUT2D eigenvalue weighted by Gasteiger charge is -2.17. The molecule has 2 N–H and O–H groups in total. The largest absolute Gasteiger partial charge is 0.480 e. The van der Waals surface area contributed by atoms with E-state index in [1.807, 2.05) is 54.6 Å². The van der Waals surface area contributed by atoms with Crippen LogP contribution in [0.2, 0.25) is 0 Å². The van der Waals surface area contributed by atoms with E-state index in [-0.39, 0.29) is 38.6 Å². The third-order valence-electron chi connectivity index (χ3n) is 4.84. The predicted octanol–water partition coefficient (Wildman–Crippen LogP) is 3.30. The van der Waals surface area contributed by atoms with Crippen molar-refractivity contribution >= 4 is 12.1 Å². The van der Waals surface area contributed by atoms with E-state index < -0.39 is 18.1 Å². The van der Waals surface area contributed by atoms with E-state index in [1.165, 1.54) is 0 Å². The number of carbonyl (C=O) groups excluding carboxylic acids is 1. The molecule has 29 heavy (non-hydrogen) atoms. The summed E-state index contributed by atoms with van der Waals surface area (Å²) in [4.78, 5) is 23.6. The van der Waals surface area contributed by atoms with E-state index >= 15 is 0 Å². The third-order valence-corrected chi connectivity index (χ3v) is 4.84. The zero-order valence-corrected chi connectivity index (χ0v) is 15.8. The molecule has 0 heterocycles. The monoisotopic (exact) mass is 394 g/mol. The molecule has 0 aromatic heterocycles. The standard InChI is InChI=1S/C22H22N2O5/c23-11-5-12-28-13-10-20(21(25)26)24-22(27)29-14-19-17-8-3-1-6-15(17)16-7-2-4-9-18(16)19/h1-4,6-9,19-20H,5,10,12-14H2,(H,24,27)(H,25,26). The molecule has 3 rings (SSSR count). The smallest absolute Gasteiger partial charge is 0.407 e. The molecule has 1 amide bonds. The van der Waals surface area contributed by atoms with E-state index in [0.29, 0.717) is 0 Å². The number of aliphatic carboxylic acids is 1. The van der Waals surface area contributed by atoms with Gasteiger partial charge in [-0.05, 0) is 22.3 Å². The van der Waals surface area contributed by atoms with Gasteiger partial charge in [-0.25, -0.2) is 9.59 Å². The Kier molecular flexibility index (Phi) is 6.82. The van der Waals surface area contributed by atoms with Crippen molar-refractivity contribution in [3.05, 3.63) is 59.7 Å². The maximum atomic E-state index is 12.2. The van der Waals surface area contributed by atoms with Crippen LogP contribution < -0.4 is 5.32 Å². The normalized spacial score (nSPS) is 13.1. The van der Waals surface area contributed by atoms with Gasteiger partial charge in [-0.3, -0.25) is 0 Å². The molecule has 0 radical (unpaired) electrons. The Morgan fingerprint density at radius 3 is 2.28 bits per heavy atom. The number of amides is 1. The highest BCUT2D eigenvalue weighted by molar-refractivity contribution is 5.81. The van der Waals surface area contributed by atoms with E-state index in [4.69, 9.17) is 14.7 Å². The number of alkyl carbamates (subject to hydrolysis) is 1. The molecule has 7 heteroatoms. The fourth-order valence-electron chi connectivity index (χ4n) is 3.46. The van der Waals surface area contributed by atoms with Gasteiger partial charge in [-0.1, -0.05) is 48.5 Å². The van der Waals surface area contributed by atoms with Crippen LogP contribution in [0.4, 0.5) is 4.79 Å². The predicted molar refractivity (Wildman–Crippen MR) is 105 cm³/mol. The summed E-state index contributed by atoms with van der Waals surface area (Å²) in [6.45, 7) is 0.473. The SMILES string of the molecule is N#CCCOCCC(NC(=O)OCC1c2ccccc2-c2ccccc21)C(=O)O. The minimum atomic E-state index is -1.16. The molecule has 1 unspecified atom stereocenters. The topological polar surface area (TPSA) is 109 Å². The molecule has 2 aromatic rings. The molecular formula is C22H22N2O5. The quantitative estimate of drug-likeness (QED) is 0.632. The average Bonchev–Trinajstić information content (AvgIpc) is 3.05. The number of carboxylic acid groups (broad SMARTS) is 1. The van der Waals surface area contributed by atoms with Gasteiger partial charge in [0.1, 0.15) is 12.6 Å². The van der Waals surface area contributed by atoms with Crippen molar-refractivity contribution in [2.45, 2.75) is 24.8 Å². The Hall–Kier alpha value is -3.37. The van der Waals surface area contributed by atoms with Crippen molar-refractivity contribution in [2.75, 3.05) is 19.8 Å². The molecule has 0 bridgehead atoms. The molecule has 1 aliphatic carbocycles. The second-order valence-electron chi connectivity index (χ2n) is 6.67. The number of rotatable bonds is 9. The molecule has 0 saturated carbocycles. The summed E-state index contributed by atoms with van der Waals surface area (Å²) in [5.41, 5.74) is 4.41. The van der Waals surface area contributed by atoms with E-state index in [2.05, 4.69) is 5.32 Å². The van der Waals surface area contributed by atoms with E-state index in [9.17, 15) is 14.7 Å². The Morgan fingerprint density at radius 1 is 1.07 bits per heavy atom. The number of benzene rings is 2. The van der Waals surface area contributed by atoms with E-state index in [1.54, 1.807) is 0 Å². The summed E-state index contributed by atoms with van der Waals surface area (Å²) in [5.74, 6) is -1.26. The second kappa shape index (κ2) is 9.71. The molecule has 0 aliphatic heterocycles. The summed E-state index contributed by atoms with van der Waals surface area (Å²) >= 11 is 0. The Labute approximate surface area is 168 Å². The third kappa shape index (κ3) is 4.92. The first-order chi connectivity index (χ1) is 14.1. The van der Waals surface area contributed by atoms with Crippen LogP contribution in [-0.4, -0.2) is 43.0 Å². The average molecular weight is 394 g/mol. The number of hydrogen-bond donors (Lipinski definition) is 2. The summed E-state index contributed by atoms with van der Waals surface area (Å²) in [6, 6.07) is 16.8. The summed E-state index contributed by atoms with van der Waals surface area (Å²) in [6.07, 6.45) is -0.459. The highest BCUT2D eigenvalue weighted by atomic mass is 16.5. The Morgan fingerprint density at radius 2 is 1.69 bits per heavy atom. The Bertz CT molecular complexity index is 876. The maximum Gasteiger partial charge on any atom is 0.407 e. The number of nitrogens with one attached hydrogen (secondary N) is 1. The van der Waals surface area contributed by atoms with Gasteiger partial charge in [0.05, 0.1) is 19.1 Å². The highest BCUT2D eigenvalue weighted by Gasteiger charge is 2.29. The minimum absolute atomic E-state index is 0.0883. The van der Waals surface area contributed by atoms with Crippen molar-refractivity contribution in [3.63, 3.8) is 0 Å². The van der Waals surface area contributed by atoms with Crippen LogP contribution in [0.1, 0.15) is 29.9 Å². The van der Waals surface area contributed by atoms with Gasteiger partial charge in [-0.2, -0.15) is 5.26 Å².